The van der Waals surface area contributed by atoms with E-state index in [4.69, 9.17) is 16.3 Å². The molecule has 0 radical (unpaired) electrons. The molecule has 0 N–H and O–H groups in total. The molecule has 2 amide bonds. The van der Waals surface area contributed by atoms with Gasteiger partial charge in [-0.1, -0.05) is 60.1 Å². The average molecular weight is 435 g/mol. The van der Waals surface area contributed by atoms with Gasteiger partial charge in [-0.15, -0.1) is 0 Å². The summed E-state index contributed by atoms with van der Waals surface area (Å²) in [5, 5.41) is 0.602. The third-order valence-corrected chi connectivity index (χ3v) is 5.68. The Labute approximate surface area is 186 Å². The molecule has 1 atom stereocenters. The molecule has 1 fully saturated rings. The normalized spacial score (nSPS) is 16.3. The lowest BCUT2D eigenvalue weighted by Gasteiger charge is -2.39. The lowest BCUT2D eigenvalue weighted by molar-refractivity contribution is -0.142. The standard InChI is InChI=1S/C25H23ClN2O3/c1-18-25(30)28(23-10-6-5-9-22(23)19-7-3-2-4-8-19)16-15-27(18)24(29)17-31-21-13-11-20(26)12-14-21/h2-14,18H,15-17H2,1H3/t18-/m0/s1. The van der Waals surface area contributed by atoms with Crippen molar-refractivity contribution in [2.24, 2.45) is 0 Å². The third kappa shape index (κ3) is 4.57. The van der Waals surface area contributed by atoms with Gasteiger partial charge in [0.1, 0.15) is 11.8 Å². The van der Waals surface area contributed by atoms with Crippen molar-refractivity contribution in [1.29, 1.82) is 0 Å². The van der Waals surface area contributed by atoms with E-state index in [1.165, 1.54) is 0 Å². The summed E-state index contributed by atoms with van der Waals surface area (Å²) >= 11 is 5.87. The molecule has 0 aliphatic carbocycles. The van der Waals surface area contributed by atoms with E-state index < -0.39 is 6.04 Å². The minimum Gasteiger partial charge on any atom is -0.484 e. The van der Waals surface area contributed by atoms with Crippen LogP contribution in [0, 0.1) is 0 Å². The van der Waals surface area contributed by atoms with Crippen LogP contribution in [0.5, 0.6) is 5.75 Å². The molecule has 0 aromatic heterocycles. The first-order valence-corrected chi connectivity index (χ1v) is 10.6. The summed E-state index contributed by atoms with van der Waals surface area (Å²) in [5.41, 5.74) is 2.90. The predicted octanol–water partition coefficient (Wildman–Crippen LogP) is 4.65. The van der Waals surface area contributed by atoms with Crippen molar-refractivity contribution in [3.8, 4) is 16.9 Å². The lowest BCUT2D eigenvalue weighted by Crippen LogP contribution is -2.58. The Kier molecular flexibility index (Phi) is 6.23. The molecule has 31 heavy (non-hydrogen) atoms. The van der Waals surface area contributed by atoms with Gasteiger partial charge < -0.3 is 14.5 Å². The average Bonchev–Trinajstić information content (AvgIpc) is 2.81. The number of nitrogens with zero attached hydrogens (tertiary/aromatic N) is 2. The third-order valence-electron chi connectivity index (χ3n) is 5.43. The van der Waals surface area contributed by atoms with Crippen LogP contribution in [0.25, 0.3) is 11.1 Å². The number of benzene rings is 3. The Morgan fingerprint density at radius 1 is 0.968 bits per heavy atom. The van der Waals surface area contributed by atoms with Crippen LogP contribution < -0.4 is 9.64 Å². The van der Waals surface area contributed by atoms with E-state index in [0.29, 0.717) is 23.9 Å². The smallest absolute Gasteiger partial charge is 0.261 e. The molecule has 1 saturated heterocycles. The number of piperazine rings is 1. The van der Waals surface area contributed by atoms with E-state index >= 15 is 0 Å². The van der Waals surface area contributed by atoms with Crippen molar-refractivity contribution in [3.05, 3.63) is 83.9 Å². The first-order chi connectivity index (χ1) is 15.0. The number of ether oxygens (including phenoxy) is 1. The second-order valence-corrected chi connectivity index (χ2v) is 7.82. The predicted molar refractivity (Wildman–Crippen MR) is 122 cm³/mol. The number of rotatable bonds is 5. The second-order valence-electron chi connectivity index (χ2n) is 7.38. The number of carbonyl (C=O) groups excluding carboxylic acids is 2. The van der Waals surface area contributed by atoms with Gasteiger partial charge in [0.25, 0.3) is 5.91 Å². The Balaban J connectivity index is 1.47. The summed E-state index contributed by atoms with van der Waals surface area (Å²) < 4.78 is 5.57. The molecule has 0 unspecified atom stereocenters. The number of hydrogen-bond donors (Lipinski definition) is 0. The maximum atomic E-state index is 13.2. The molecule has 5 nitrogen and oxygen atoms in total. The second kappa shape index (κ2) is 9.23. The van der Waals surface area contributed by atoms with Crippen LogP contribution in [0.15, 0.2) is 78.9 Å². The van der Waals surface area contributed by atoms with E-state index in [1.807, 2.05) is 54.6 Å². The van der Waals surface area contributed by atoms with E-state index in [0.717, 1.165) is 16.8 Å². The summed E-state index contributed by atoms with van der Waals surface area (Å²) in [4.78, 5) is 29.3. The summed E-state index contributed by atoms with van der Waals surface area (Å²) in [6.45, 7) is 2.51. The highest BCUT2D eigenvalue weighted by Crippen LogP contribution is 2.32. The van der Waals surface area contributed by atoms with Crippen LogP contribution >= 0.6 is 11.6 Å². The van der Waals surface area contributed by atoms with E-state index in [1.54, 1.807) is 41.0 Å². The van der Waals surface area contributed by atoms with Crippen LogP contribution in [-0.2, 0) is 9.59 Å². The molecule has 1 heterocycles. The molecule has 158 valence electrons. The van der Waals surface area contributed by atoms with E-state index in [2.05, 4.69) is 0 Å². The monoisotopic (exact) mass is 434 g/mol. The topological polar surface area (TPSA) is 49.9 Å². The molecule has 4 rings (SSSR count). The lowest BCUT2D eigenvalue weighted by atomic mass is 10.0. The van der Waals surface area contributed by atoms with Crippen LogP contribution in [0.2, 0.25) is 5.02 Å². The highest BCUT2D eigenvalue weighted by Gasteiger charge is 2.35. The van der Waals surface area contributed by atoms with Gasteiger partial charge in [0.15, 0.2) is 6.61 Å². The number of amides is 2. The molecule has 3 aromatic rings. The Morgan fingerprint density at radius 2 is 1.65 bits per heavy atom. The quantitative estimate of drug-likeness (QED) is 0.587. The number of carbonyl (C=O) groups is 2. The highest BCUT2D eigenvalue weighted by atomic mass is 35.5. The molecule has 0 saturated carbocycles. The van der Waals surface area contributed by atoms with Crippen molar-refractivity contribution in [3.63, 3.8) is 0 Å². The van der Waals surface area contributed by atoms with E-state index in [9.17, 15) is 9.59 Å². The van der Waals surface area contributed by atoms with Gasteiger partial charge in [0.2, 0.25) is 5.91 Å². The first kappa shape index (κ1) is 20.9. The van der Waals surface area contributed by atoms with Crippen molar-refractivity contribution < 1.29 is 14.3 Å². The molecule has 0 spiro atoms. The van der Waals surface area contributed by atoms with E-state index in [-0.39, 0.29) is 18.4 Å². The molecular formula is C25H23ClN2O3. The summed E-state index contributed by atoms with van der Waals surface area (Å²) in [6.07, 6.45) is 0. The largest absolute Gasteiger partial charge is 0.484 e. The Hall–Kier alpha value is -3.31. The van der Waals surface area contributed by atoms with Gasteiger partial charge in [-0.3, -0.25) is 9.59 Å². The molecule has 1 aliphatic heterocycles. The van der Waals surface area contributed by atoms with Crippen LogP contribution in [0.1, 0.15) is 6.92 Å². The van der Waals surface area contributed by atoms with Gasteiger partial charge in [-0.25, -0.2) is 0 Å². The van der Waals surface area contributed by atoms with Gasteiger partial charge >= 0.3 is 0 Å². The first-order valence-electron chi connectivity index (χ1n) is 10.2. The van der Waals surface area contributed by atoms with Crippen LogP contribution in [0.3, 0.4) is 0 Å². The van der Waals surface area contributed by atoms with Crippen molar-refractivity contribution >= 4 is 29.1 Å². The van der Waals surface area contributed by atoms with Crippen molar-refractivity contribution in [2.45, 2.75) is 13.0 Å². The number of anilines is 1. The fourth-order valence-electron chi connectivity index (χ4n) is 3.78. The summed E-state index contributed by atoms with van der Waals surface area (Å²) in [5.74, 6) is 0.244. The fraction of sp³-hybridized carbons (Fsp3) is 0.200. The van der Waals surface area contributed by atoms with Gasteiger partial charge in [-0.05, 0) is 42.8 Å². The van der Waals surface area contributed by atoms with Crippen LogP contribution in [-0.4, -0.2) is 42.5 Å². The van der Waals surface area contributed by atoms with Crippen molar-refractivity contribution in [1.82, 2.24) is 4.90 Å². The fourth-order valence-corrected chi connectivity index (χ4v) is 3.91. The zero-order valence-electron chi connectivity index (χ0n) is 17.2. The van der Waals surface area contributed by atoms with Gasteiger partial charge in [0.05, 0.1) is 5.69 Å². The van der Waals surface area contributed by atoms with Gasteiger partial charge in [0, 0.05) is 23.7 Å². The van der Waals surface area contributed by atoms with Crippen LogP contribution in [0.4, 0.5) is 5.69 Å². The minimum atomic E-state index is -0.570. The zero-order valence-corrected chi connectivity index (χ0v) is 18.0. The van der Waals surface area contributed by atoms with Gasteiger partial charge in [-0.2, -0.15) is 0 Å². The SMILES string of the molecule is C[C@H]1C(=O)N(c2ccccc2-c2ccccc2)CCN1C(=O)COc1ccc(Cl)cc1. The number of para-hydroxylation sites is 1. The maximum absolute atomic E-state index is 13.2. The summed E-state index contributed by atoms with van der Waals surface area (Å²) in [6, 6.07) is 24.1. The molecule has 3 aromatic carbocycles. The molecule has 6 heteroatoms. The highest BCUT2D eigenvalue weighted by molar-refractivity contribution is 6.30. The maximum Gasteiger partial charge on any atom is 0.261 e. The molecule has 1 aliphatic rings. The Morgan fingerprint density at radius 3 is 2.39 bits per heavy atom. The molecule has 0 bridgehead atoms. The number of halogens is 1. The number of hydrogen-bond acceptors (Lipinski definition) is 3. The van der Waals surface area contributed by atoms with Crippen molar-refractivity contribution in [2.75, 3.05) is 24.6 Å². The minimum absolute atomic E-state index is 0.102. The summed E-state index contributed by atoms with van der Waals surface area (Å²) in [7, 11) is 0. The molecular weight excluding hydrogens is 412 g/mol. The zero-order chi connectivity index (χ0) is 21.8. The Bertz CT molecular complexity index is 1070.